The Hall–Kier alpha value is -2.68. The minimum absolute atomic E-state index is 0.166. The molecule has 10 heteroatoms. The van der Waals surface area contributed by atoms with Crippen LogP contribution in [0.5, 0.6) is 0 Å². The van der Waals surface area contributed by atoms with Gasteiger partial charge in [-0.25, -0.2) is 4.68 Å². The largest absolute Gasteiger partial charge is 0.471 e. The summed E-state index contributed by atoms with van der Waals surface area (Å²) in [4.78, 5) is 15.0. The Morgan fingerprint density at radius 3 is 2.46 bits per heavy atom. The molecule has 0 aliphatic heterocycles. The Morgan fingerprint density at radius 2 is 1.83 bits per heavy atom. The van der Waals surface area contributed by atoms with Crippen LogP contribution in [0.25, 0.3) is 11.4 Å². The molecule has 0 saturated carbocycles. The lowest BCUT2D eigenvalue weighted by Crippen LogP contribution is -2.22. The smallest absolute Gasteiger partial charge is 0.329 e. The Morgan fingerprint density at radius 1 is 1.12 bits per heavy atom. The van der Waals surface area contributed by atoms with E-state index in [-0.39, 0.29) is 23.1 Å². The highest BCUT2D eigenvalue weighted by Crippen LogP contribution is 2.29. The van der Waals surface area contributed by atoms with Crippen LogP contribution in [-0.2, 0) is 12.7 Å². The molecular weight excluding hydrogens is 349 g/mol. The third kappa shape index (κ3) is 3.46. The lowest BCUT2D eigenvalue weighted by molar-refractivity contribution is -0.159. The van der Waals surface area contributed by atoms with E-state index in [9.17, 15) is 18.0 Å². The van der Waals surface area contributed by atoms with Gasteiger partial charge in [0.05, 0.1) is 6.54 Å². The van der Waals surface area contributed by atoms with Gasteiger partial charge in [0.25, 0.3) is 5.56 Å². The number of alkyl halides is 3. The summed E-state index contributed by atoms with van der Waals surface area (Å²) < 4.78 is 42.7. The van der Waals surface area contributed by atoms with Crippen LogP contribution in [0.1, 0.15) is 11.5 Å². The van der Waals surface area contributed by atoms with E-state index < -0.39 is 12.1 Å². The van der Waals surface area contributed by atoms with E-state index >= 15 is 0 Å². The van der Waals surface area contributed by atoms with Gasteiger partial charge in [0.2, 0.25) is 5.82 Å². The van der Waals surface area contributed by atoms with Crippen molar-refractivity contribution in [3.63, 3.8) is 0 Å². The molecule has 3 aromatic rings. The summed E-state index contributed by atoms with van der Waals surface area (Å²) in [6, 6.07) is 8.97. The fraction of sp³-hybridized carbons (Fsp3) is 0.143. The van der Waals surface area contributed by atoms with E-state index in [0.717, 1.165) is 0 Å². The second kappa shape index (κ2) is 6.08. The first kappa shape index (κ1) is 16.2. The van der Waals surface area contributed by atoms with Crippen molar-refractivity contribution in [2.24, 2.45) is 0 Å². The van der Waals surface area contributed by atoms with Crippen LogP contribution in [0.2, 0.25) is 5.15 Å². The topological polar surface area (TPSA) is 73.8 Å². The van der Waals surface area contributed by atoms with Crippen molar-refractivity contribution in [2.45, 2.75) is 12.7 Å². The van der Waals surface area contributed by atoms with Gasteiger partial charge >= 0.3 is 12.1 Å². The average Bonchev–Trinajstić information content (AvgIpc) is 3.02. The van der Waals surface area contributed by atoms with Gasteiger partial charge in [0.1, 0.15) is 5.15 Å². The van der Waals surface area contributed by atoms with Crippen LogP contribution < -0.4 is 5.56 Å². The maximum atomic E-state index is 12.4. The predicted molar refractivity (Wildman–Crippen MR) is 77.3 cm³/mol. The van der Waals surface area contributed by atoms with Crippen LogP contribution in [-0.4, -0.2) is 19.9 Å². The molecule has 0 N–H and O–H groups in total. The van der Waals surface area contributed by atoms with Crippen LogP contribution in [0, 0.1) is 0 Å². The van der Waals surface area contributed by atoms with Gasteiger partial charge in [-0.3, -0.25) is 4.79 Å². The van der Waals surface area contributed by atoms with Crippen LogP contribution in [0.15, 0.2) is 45.7 Å². The van der Waals surface area contributed by atoms with Crippen molar-refractivity contribution >= 4 is 11.6 Å². The number of nitrogens with zero attached hydrogens (tertiary/aromatic N) is 4. The quantitative estimate of drug-likeness (QED) is 0.721. The highest BCUT2D eigenvalue weighted by molar-refractivity contribution is 6.29. The summed E-state index contributed by atoms with van der Waals surface area (Å²) in [5.74, 6) is -1.58. The molecule has 2 aromatic heterocycles. The molecule has 0 fully saturated rings. The Labute approximate surface area is 137 Å². The standard InChI is InChI=1S/C14H8ClF3N4O2/c15-10-5-6-11(23)22(20-10)7-8-1-3-9(4-2-8)12-19-13(24-21-12)14(16,17)18/h1-6H,7H2. The summed E-state index contributed by atoms with van der Waals surface area (Å²) in [5.41, 5.74) is 0.732. The first-order chi connectivity index (χ1) is 11.3. The maximum absolute atomic E-state index is 12.4. The van der Waals surface area contributed by atoms with E-state index in [2.05, 4.69) is 19.8 Å². The molecule has 0 aliphatic rings. The van der Waals surface area contributed by atoms with Crippen molar-refractivity contribution in [2.75, 3.05) is 0 Å². The van der Waals surface area contributed by atoms with Crippen molar-refractivity contribution in [1.29, 1.82) is 0 Å². The molecule has 0 spiro atoms. The summed E-state index contributed by atoms with van der Waals surface area (Å²) in [6.45, 7) is 0.166. The molecule has 0 unspecified atom stereocenters. The maximum Gasteiger partial charge on any atom is 0.471 e. The van der Waals surface area contributed by atoms with Gasteiger partial charge in [-0.1, -0.05) is 41.0 Å². The number of hydrogen-bond acceptors (Lipinski definition) is 5. The molecule has 6 nitrogen and oxygen atoms in total. The Kier molecular flexibility index (Phi) is 4.10. The Bertz CT molecular complexity index is 919. The molecule has 0 amide bonds. The van der Waals surface area contributed by atoms with Gasteiger partial charge in [-0.15, -0.1) is 0 Å². The zero-order valence-electron chi connectivity index (χ0n) is 11.8. The van der Waals surface area contributed by atoms with Gasteiger partial charge < -0.3 is 4.52 Å². The number of benzene rings is 1. The van der Waals surface area contributed by atoms with Gasteiger partial charge in [0.15, 0.2) is 0 Å². The lowest BCUT2D eigenvalue weighted by Gasteiger charge is -2.05. The minimum atomic E-state index is -4.69. The lowest BCUT2D eigenvalue weighted by atomic mass is 10.1. The van der Waals surface area contributed by atoms with Gasteiger partial charge in [-0.05, 0) is 11.6 Å². The van der Waals surface area contributed by atoms with Crippen LogP contribution in [0.3, 0.4) is 0 Å². The molecule has 0 aliphatic carbocycles. The molecule has 3 rings (SSSR count). The molecule has 0 saturated heterocycles. The zero-order valence-corrected chi connectivity index (χ0v) is 12.5. The summed E-state index contributed by atoms with van der Waals surface area (Å²) >= 11 is 5.74. The van der Waals surface area contributed by atoms with Crippen molar-refractivity contribution in [3.05, 3.63) is 63.4 Å². The molecule has 0 radical (unpaired) electrons. The van der Waals surface area contributed by atoms with E-state index in [0.29, 0.717) is 11.1 Å². The zero-order chi connectivity index (χ0) is 17.3. The number of hydrogen-bond donors (Lipinski definition) is 0. The molecule has 0 bridgehead atoms. The van der Waals surface area contributed by atoms with Crippen molar-refractivity contribution in [3.8, 4) is 11.4 Å². The highest BCUT2D eigenvalue weighted by Gasteiger charge is 2.38. The van der Waals surface area contributed by atoms with Crippen molar-refractivity contribution in [1.82, 2.24) is 19.9 Å². The normalized spacial score (nSPS) is 11.7. The van der Waals surface area contributed by atoms with E-state index in [1.54, 1.807) is 12.1 Å². The fourth-order valence-corrected chi connectivity index (χ4v) is 2.08. The van der Waals surface area contributed by atoms with Crippen LogP contribution >= 0.6 is 11.6 Å². The van der Waals surface area contributed by atoms with Crippen molar-refractivity contribution < 1.29 is 17.7 Å². The van der Waals surface area contributed by atoms with E-state index in [1.807, 2.05) is 0 Å². The van der Waals surface area contributed by atoms with E-state index in [1.165, 1.54) is 28.9 Å². The Balaban J connectivity index is 1.82. The second-order valence-corrected chi connectivity index (χ2v) is 5.16. The third-order valence-corrected chi connectivity index (χ3v) is 3.25. The molecule has 124 valence electrons. The summed E-state index contributed by atoms with van der Waals surface area (Å²) in [5, 5.41) is 7.36. The molecule has 24 heavy (non-hydrogen) atoms. The summed E-state index contributed by atoms with van der Waals surface area (Å²) in [6.07, 6.45) is -4.69. The fourth-order valence-electron chi connectivity index (χ4n) is 1.93. The van der Waals surface area contributed by atoms with Crippen LogP contribution in [0.4, 0.5) is 13.2 Å². The van der Waals surface area contributed by atoms with E-state index in [4.69, 9.17) is 11.6 Å². The highest BCUT2D eigenvalue weighted by atomic mass is 35.5. The average molecular weight is 357 g/mol. The molecular formula is C14H8ClF3N4O2. The predicted octanol–water partition coefficient (Wildman–Crippen LogP) is 3.01. The number of halogens is 4. The number of aromatic nitrogens is 4. The summed E-state index contributed by atoms with van der Waals surface area (Å²) in [7, 11) is 0. The number of rotatable bonds is 3. The molecule has 2 heterocycles. The minimum Gasteiger partial charge on any atom is -0.329 e. The second-order valence-electron chi connectivity index (χ2n) is 4.77. The first-order valence-electron chi connectivity index (χ1n) is 6.57. The molecule has 1 aromatic carbocycles. The monoisotopic (exact) mass is 356 g/mol. The van der Waals surface area contributed by atoms with Gasteiger partial charge in [0, 0.05) is 11.6 Å². The first-order valence-corrected chi connectivity index (χ1v) is 6.94. The van der Waals surface area contributed by atoms with Gasteiger partial charge in [-0.2, -0.15) is 23.3 Å². The SMILES string of the molecule is O=c1ccc(Cl)nn1Cc1ccc(-c2noc(C(F)(F)F)n2)cc1. The molecule has 0 atom stereocenters. The third-order valence-electron chi connectivity index (χ3n) is 3.05.